The Morgan fingerprint density at radius 1 is 1.33 bits per heavy atom. The van der Waals surface area contributed by atoms with Gasteiger partial charge in [0.1, 0.15) is 5.75 Å². The maximum absolute atomic E-state index is 5.43. The van der Waals surface area contributed by atoms with Crippen LogP contribution in [0.15, 0.2) is 29.4 Å². The number of anilines is 1. The van der Waals surface area contributed by atoms with E-state index in [0.29, 0.717) is 0 Å². The van der Waals surface area contributed by atoms with Crippen molar-refractivity contribution < 1.29 is 4.74 Å². The maximum atomic E-state index is 5.43. The van der Waals surface area contributed by atoms with Crippen molar-refractivity contribution in [3.05, 3.63) is 35.7 Å². The molecule has 0 aliphatic carbocycles. The molecule has 1 aromatic heterocycles. The van der Waals surface area contributed by atoms with Gasteiger partial charge in [0.15, 0.2) is 0 Å². The molecule has 5 heteroatoms. The van der Waals surface area contributed by atoms with Crippen molar-refractivity contribution in [3.63, 3.8) is 0 Å². The molecule has 0 aliphatic rings. The first kappa shape index (κ1) is 12.8. The molecule has 2 aromatic rings. The first-order chi connectivity index (χ1) is 8.60. The van der Waals surface area contributed by atoms with Gasteiger partial charge in [-0.3, -0.25) is 4.68 Å². The first-order valence-corrected chi connectivity index (χ1v) is 6.48. The van der Waals surface area contributed by atoms with E-state index in [2.05, 4.69) is 28.9 Å². The van der Waals surface area contributed by atoms with E-state index >= 15 is 0 Å². The molecule has 0 saturated heterocycles. The Labute approximate surface area is 111 Å². The Morgan fingerprint density at radius 3 is 2.72 bits per heavy atom. The zero-order chi connectivity index (χ0) is 13.1. The summed E-state index contributed by atoms with van der Waals surface area (Å²) in [6.45, 7) is 4.12. The van der Waals surface area contributed by atoms with Gasteiger partial charge in [0.25, 0.3) is 0 Å². The third kappa shape index (κ3) is 2.79. The van der Waals surface area contributed by atoms with E-state index < -0.39 is 0 Å². The molecule has 0 unspecified atom stereocenters. The fourth-order valence-electron chi connectivity index (χ4n) is 1.87. The van der Waals surface area contributed by atoms with Gasteiger partial charge in [-0.15, -0.1) is 0 Å². The number of rotatable bonds is 4. The molecule has 0 bridgehead atoms. The molecule has 0 aliphatic heterocycles. The summed E-state index contributed by atoms with van der Waals surface area (Å²) in [6.07, 6.45) is 3.79. The van der Waals surface area contributed by atoms with Crippen molar-refractivity contribution in [2.75, 3.05) is 11.8 Å². The second-order valence-corrected chi connectivity index (χ2v) is 5.10. The largest absolute Gasteiger partial charge is 0.494 e. The Hall–Kier alpha value is -1.62. The van der Waals surface area contributed by atoms with Crippen LogP contribution < -0.4 is 9.46 Å². The standard InChI is InChI=1S/C13H17N3OS/c1-9-5-10(2)13(17-4)12(6-9)15-18-11-7-14-16(3)8-11/h5-8,15H,1-4H3. The van der Waals surface area contributed by atoms with Crippen LogP contribution in [-0.2, 0) is 7.05 Å². The van der Waals surface area contributed by atoms with Crippen LogP contribution in [-0.4, -0.2) is 16.9 Å². The summed E-state index contributed by atoms with van der Waals surface area (Å²) in [5, 5.41) is 4.13. The summed E-state index contributed by atoms with van der Waals surface area (Å²) in [5.74, 6) is 0.886. The average molecular weight is 263 g/mol. The molecular weight excluding hydrogens is 246 g/mol. The van der Waals surface area contributed by atoms with E-state index in [1.165, 1.54) is 17.5 Å². The summed E-state index contributed by atoms with van der Waals surface area (Å²) in [6, 6.07) is 4.19. The summed E-state index contributed by atoms with van der Waals surface area (Å²) in [7, 11) is 3.60. The van der Waals surface area contributed by atoms with Crippen molar-refractivity contribution in [1.29, 1.82) is 0 Å². The number of nitrogens with one attached hydrogen (secondary N) is 1. The molecule has 1 aromatic carbocycles. The highest BCUT2D eigenvalue weighted by Crippen LogP contribution is 2.33. The number of nitrogens with zero attached hydrogens (tertiary/aromatic N) is 2. The lowest BCUT2D eigenvalue weighted by Gasteiger charge is -2.13. The van der Waals surface area contributed by atoms with Gasteiger partial charge in [-0.05, 0) is 43.0 Å². The second kappa shape index (κ2) is 5.35. The predicted octanol–water partition coefficient (Wildman–Crippen LogP) is 3.16. The summed E-state index contributed by atoms with van der Waals surface area (Å²) >= 11 is 1.53. The van der Waals surface area contributed by atoms with E-state index in [1.54, 1.807) is 11.8 Å². The third-order valence-corrected chi connectivity index (χ3v) is 3.35. The van der Waals surface area contributed by atoms with E-state index in [0.717, 1.165) is 21.9 Å². The molecule has 2 rings (SSSR count). The van der Waals surface area contributed by atoms with Gasteiger partial charge < -0.3 is 9.46 Å². The second-order valence-electron chi connectivity index (χ2n) is 4.22. The smallest absolute Gasteiger partial charge is 0.145 e. The number of ether oxygens (including phenoxy) is 1. The molecule has 0 atom stereocenters. The Kier molecular flexibility index (Phi) is 3.81. The van der Waals surface area contributed by atoms with Crippen LogP contribution in [0.3, 0.4) is 0 Å². The molecule has 1 heterocycles. The molecule has 0 spiro atoms. The van der Waals surface area contributed by atoms with Gasteiger partial charge in [0.05, 0.1) is 23.9 Å². The van der Waals surface area contributed by atoms with Crippen LogP contribution in [0.2, 0.25) is 0 Å². The maximum Gasteiger partial charge on any atom is 0.145 e. The number of aromatic nitrogens is 2. The van der Waals surface area contributed by atoms with Gasteiger partial charge in [-0.2, -0.15) is 5.10 Å². The number of aryl methyl sites for hydroxylation is 3. The highest BCUT2D eigenvalue weighted by molar-refractivity contribution is 8.00. The molecule has 0 amide bonds. The monoisotopic (exact) mass is 263 g/mol. The van der Waals surface area contributed by atoms with Crippen LogP contribution in [0, 0.1) is 13.8 Å². The Bertz CT molecular complexity index is 551. The van der Waals surface area contributed by atoms with Crippen LogP contribution in [0.25, 0.3) is 0 Å². The molecule has 0 radical (unpaired) electrons. The SMILES string of the molecule is COc1c(C)cc(C)cc1NSc1cnn(C)c1. The van der Waals surface area contributed by atoms with Crippen LogP contribution >= 0.6 is 11.9 Å². The minimum Gasteiger partial charge on any atom is -0.494 e. The minimum absolute atomic E-state index is 0.886. The number of methoxy groups -OCH3 is 1. The normalized spacial score (nSPS) is 10.4. The van der Waals surface area contributed by atoms with Gasteiger partial charge in [-0.25, -0.2) is 0 Å². The number of benzene rings is 1. The quantitative estimate of drug-likeness (QED) is 0.860. The molecule has 4 nitrogen and oxygen atoms in total. The van der Waals surface area contributed by atoms with E-state index in [1.807, 2.05) is 26.4 Å². The molecule has 0 fully saturated rings. The van der Waals surface area contributed by atoms with Gasteiger partial charge in [0.2, 0.25) is 0 Å². The fraction of sp³-hybridized carbons (Fsp3) is 0.308. The Balaban J connectivity index is 2.18. The number of hydrogen-bond acceptors (Lipinski definition) is 4. The first-order valence-electron chi connectivity index (χ1n) is 5.67. The van der Waals surface area contributed by atoms with Crippen molar-refractivity contribution in [2.45, 2.75) is 18.7 Å². The van der Waals surface area contributed by atoms with Gasteiger partial charge in [0, 0.05) is 13.2 Å². The van der Waals surface area contributed by atoms with Crippen LogP contribution in [0.1, 0.15) is 11.1 Å². The molecular formula is C13H17N3OS. The molecule has 18 heavy (non-hydrogen) atoms. The highest BCUT2D eigenvalue weighted by atomic mass is 32.2. The predicted molar refractivity (Wildman–Crippen MR) is 75.2 cm³/mol. The highest BCUT2D eigenvalue weighted by Gasteiger charge is 2.08. The topological polar surface area (TPSA) is 39.1 Å². The molecule has 1 N–H and O–H groups in total. The van der Waals surface area contributed by atoms with Crippen molar-refractivity contribution in [2.24, 2.45) is 7.05 Å². The van der Waals surface area contributed by atoms with Crippen LogP contribution in [0.5, 0.6) is 5.75 Å². The lowest BCUT2D eigenvalue weighted by Crippen LogP contribution is -1.95. The van der Waals surface area contributed by atoms with E-state index in [4.69, 9.17) is 4.74 Å². The fourth-order valence-corrected chi connectivity index (χ4v) is 2.55. The third-order valence-electron chi connectivity index (χ3n) is 2.58. The van der Waals surface area contributed by atoms with Crippen LogP contribution in [0.4, 0.5) is 5.69 Å². The van der Waals surface area contributed by atoms with E-state index in [-0.39, 0.29) is 0 Å². The van der Waals surface area contributed by atoms with Gasteiger partial charge >= 0.3 is 0 Å². The Morgan fingerprint density at radius 2 is 2.11 bits per heavy atom. The zero-order valence-corrected chi connectivity index (χ0v) is 11.8. The zero-order valence-electron chi connectivity index (χ0n) is 11.0. The lowest BCUT2D eigenvalue weighted by atomic mass is 10.1. The lowest BCUT2D eigenvalue weighted by molar-refractivity contribution is 0.414. The van der Waals surface area contributed by atoms with Crippen molar-refractivity contribution in [3.8, 4) is 5.75 Å². The summed E-state index contributed by atoms with van der Waals surface area (Å²) in [5.41, 5.74) is 3.33. The number of hydrogen-bond donors (Lipinski definition) is 1. The van der Waals surface area contributed by atoms with Crippen molar-refractivity contribution >= 4 is 17.6 Å². The summed E-state index contributed by atoms with van der Waals surface area (Å²) < 4.78 is 10.5. The minimum atomic E-state index is 0.886. The van der Waals surface area contributed by atoms with Gasteiger partial charge in [-0.1, -0.05) is 6.07 Å². The molecule has 0 saturated carbocycles. The summed E-state index contributed by atoms with van der Waals surface area (Å²) in [4.78, 5) is 1.07. The van der Waals surface area contributed by atoms with Crippen molar-refractivity contribution in [1.82, 2.24) is 9.78 Å². The average Bonchev–Trinajstić information content (AvgIpc) is 2.72. The molecule has 96 valence electrons. The van der Waals surface area contributed by atoms with E-state index in [9.17, 15) is 0 Å².